The molecule has 0 aromatic heterocycles. The minimum atomic E-state index is -0.421. The number of nitrogens with zero attached hydrogens (tertiary/aromatic N) is 2. The van der Waals surface area contributed by atoms with Crippen LogP contribution in [-0.2, 0) is 22.6 Å². The largest absolute Gasteiger partial charge is 0.351 e. The molecule has 2 aliphatic rings. The van der Waals surface area contributed by atoms with E-state index in [-0.39, 0.29) is 24.2 Å². The molecule has 0 radical (unpaired) electrons. The van der Waals surface area contributed by atoms with Crippen molar-refractivity contribution in [2.24, 2.45) is 5.92 Å². The standard InChI is InChI=1S/C25H30FN3O2/c1-18-10-13-28(14-11-18)25(31)24-22-5-3-2-4-20(22)12-15-29(24)17-23(30)27-16-19-6-8-21(26)9-7-19/h2-9,18,24H,10-17H2,1H3,(H,27,30)/t24-/m1/s1. The van der Waals surface area contributed by atoms with Gasteiger partial charge in [0.2, 0.25) is 11.8 Å². The van der Waals surface area contributed by atoms with Crippen LogP contribution in [0, 0.1) is 11.7 Å². The molecular formula is C25H30FN3O2. The molecule has 2 aromatic carbocycles. The lowest BCUT2D eigenvalue weighted by atomic mass is 9.90. The topological polar surface area (TPSA) is 52.7 Å². The molecule has 2 aliphatic heterocycles. The summed E-state index contributed by atoms with van der Waals surface area (Å²) >= 11 is 0. The summed E-state index contributed by atoms with van der Waals surface area (Å²) in [6, 6.07) is 13.8. The SMILES string of the molecule is CC1CCN(C(=O)[C@H]2c3ccccc3CCN2CC(=O)NCc2ccc(F)cc2)CC1. The molecule has 5 nitrogen and oxygen atoms in total. The van der Waals surface area contributed by atoms with Gasteiger partial charge in [-0.05, 0) is 54.0 Å². The van der Waals surface area contributed by atoms with Gasteiger partial charge in [-0.2, -0.15) is 0 Å². The number of hydrogen-bond donors (Lipinski definition) is 1. The third kappa shape index (κ3) is 5.13. The van der Waals surface area contributed by atoms with E-state index < -0.39 is 6.04 Å². The lowest BCUT2D eigenvalue weighted by Crippen LogP contribution is -2.50. The fraction of sp³-hybridized carbons (Fsp3) is 0.440. The summed E-state index contributed by atoms with van der Waals surface area (Å²) in [4.78, 5) is 30.2. The number of hydrogen-bond acceptors (Lipinski definition) is 3. The van der Waals surface area contributed by atoms with E-state index in [9.17, 15) is 14.0 Å². The summed E-state index contributed by atoms with van der Waals surface area (Å²) in [5.41, 5.74) is 3.05. The predicted octanol–water partition coefficient (Wildman–Crippen LogP) is 3.30. The lowest BCUT2D eigenvalue weighted by Gasteiger charge is -2.40. The van der Waals surface area contributed by atoms with E-state index in [0.29, 0.717) is 19.0 Å². The Hall–Kier alpha value is -2.73. The fourth-order valence-corrected chi connectivity index (χ4v) is 4.52. The summed E-state index contributed by atoms with van der Waals surface area (Å²) in [6.45, 7) is 4.96. The van der Waals surface area contributed by atoms with Crippen LogP contribution in [0.4, 0.5) is 4.39 Å². The number of likely N-dealkylation sites (tertiary alicyclic amines) is 1. The van der Waals surface area contributed by atoms with Gasteiger partial charge in [0, 0.05) is 26.2 Å². The maximum atomic E-state index is 13.5. The van der Waals surface area contributed by atoms with Crippen molar-refractivity contribution in [2.75, 3.05) is 26.2 Å². The molecule has 6 heteroatoms. The van der Waals surface area contributed by atoms with Crippen molar-refractivity contribution in [3.05, 3.63) is 71.0 Å². The Morgan fingerprint density at radius 1 is 1.03 bits per heavy atom. The van der Waals surface area contributed by atoms with Crippen molar-refractivity contribution in [3.63, 3.8) is 0 Å². The van der Waals surface area contributed by atoms with Gasteiger partial charge in [0.25, 0.3) is 0 Å². The molecule has 1 atom stereocenters. The first-order valence-corrected chi connectivity index (χ1v) is 11.1. The zero-order valence-electron chi connectivity index (χ0n) is 18.0. The van der Waals surface area contributed by atoms with Crippen molar-refractivity contribution in [1.82, 2.24) is 15.1 Å². The van der Waals surface area contributed by atoms with E-state index in [1.807, 2.05) is 28.0 Å². The molecular weight excluding hydrogens is 393 g/mol. The Bertz CT molecular complexity index is 923. The average Bonchev–Trinajstić information content (AvgIpc) is 2.78. The number of benzene rings is 2. The van der Waals surface area contributed by atoms with Crippen LogP contribution in [0.1, 0.15) is 42.5 Å². The number of fused-ring (bicyclic) bond motifs is 1. The Morgan fingerprint density at radius 3 is 2.48 bits per heavy atom. The van der Waals surface area contributed by atoms with E-state index in [1.54, 1.807) is 12.1 Å². The average molecular weight is 424 g/mol. The van der Waals surface area contributed by atoms with E-state index in [0.717, 1.165) is 43.5 Å². The highest BCUT2D eigenvalue weighted by atomic mass is 19.1. The third-order valence-electron chi connectivity index (χ3n) is 6.46. The highest BCUT2D eigenvalue weighted by Crippen LogP contribution is 2.32. The van der Waals surface area contributed by atoms with Crippen molar-refractivity contribution in [3.8, 4) is 0 Å². The summed E-state index contributed by atoms with van der Waals surface area (Å²) in [5.74, 6) is 0.325. The number of carbonyl (C=O) groups excluding carboxylic acids is 2. The van der Waals surface area contributed by atoms with Gasteiger partial charge < -0.3 is 10.2 Å². The fourth-order valence-electron chi connectivity index (χ4n) is 4.52. The zero-order valence-corrected chi connectivity index (χ0v) is 18.0. The van der Waals surface area contributed by atoms with E-state index >= 15 is 0 Å². The number of amides is 2. The van der Waals surface area contributed by atoms with E-state index in [4.69, 9.17) is 0 Å². The number of piperidine rings is 1. The first-order valence-electron chi connectivity index (χ1n) is 11.1. The molecule has 2 amide bonds. The molecule has 0 aliphatic carbocycles. The summed E-state index contributed by atoms with van der Waals surface area (Å²) in [6.07, 6.45) is 2.87. The second-order valence-corrected chi connectivity index (χ2v) is 8.73. The number of nitrogens with one attached hydrogen (secondary N) is 1. The number of carbonyl (C=O) groups is 2. The Labute approximate surface area is 183 Å². The molecule has 1 saturated heterocycles. The van der Waals surface area contributed by atoms with Gasteiger partial charge in [0.15, 0.2) is 0 Å². The van der Waals surface area contributed by atoms with Crippen LogP contribution >= 0.6 is 0 Å². The molecule has 2 heterocycles. The smallest absolute Gasteiger partial charge is 0.244 e. The van der Waals surface area contributed by atoms with Crippen molar-refractivity contribution in [2.45, 2.75) is 38.8 Å². The normalized spacial score (nSPS) is 19.7. The first kappa shape index (κ1) is 21.5. The maximum Gasteiger partial charge on any atom is 0.244 e. The van der Waals surface area contributed by atoms with Gasteiger partial charge in [-0.1, -0.05) is 43.3 Å². The number of halogens is 1. The van der Waals surface area contributed by atoms with E-state index in [2.05, 4.69) is 18.3 Å². The van der Waals surface area contributed by atoms with Crippen molar-refractivity contribution < 1.29 is 14.0 Å². The quantitative estimate of drug-likeness (QED) is 0.803. The van der Waals surface area contributed by atoms with Crippen LogP contribution in [0.15, 0.2) is 48.5 Å². The monoisotopic (exact) mass is 423 g/mol. The van der Waals surface area contributed by atoms with Gasteiger partial charge in [-0.3, -0.25) is 14.5 Å². The molecule has 0 bridgehead atoms. The second kappa shape index (κ2) is 9.60. The molecule has 0 spiro atoms. The summed E-state index contributed by atoms with van der Waals surface area (Å²) in [7, 11) is 0. The van der Waals surface area contributed by atoms with Gasteiger partial charge in [-0.15, -0.1) is 0 Å². The molecule has 2 aromatic rings. The molecule has 1 N–H and O–H groups in total. The molecule has 31 heavy (non-hydrogen) atoms. The van der Waals surface area contributed by atoms with Crippen LogP contribution in [0.5, 0.6) is 0 Å². The minimum absolute atomic E-state index is 0.102. The summed E-state index contributed by atoms with van der Waals surface area (Å²) in [5, 5.41) is 2.91. The van der Waals surface area contributed by atoms with Crippen LogP contribution in [-0.4, -0.2) is 47.8 Å². The van der Waals surface area contributed by atoms with E-state index in [1.165, 1.54) is 17.7 Å². The first-order chi connectivity index (χ1) is 15.0. The minimum Gasteiger partial charge on any atom is -0.351 e. The Balaban J connectivity index is 1.46. The second-order valence-electron chi connectivity index (χ2n) is 8.73. The van der Waals surface area contributed by atoms with Gasteiger partial charge in [0.05, 0.1) is 6.54 Å². The number of rotatable bonds is 5. The lowest BCUT2D eigenvalue weighted by molar-refractivity contribution is -0.140. The third-order valence-corrected chi connectivity index (χ3v) is 6.46. The highest BCUT2D eigenvalue weighted by molar-refractivity contribution is 5.85. The van der Waals surface area contributed by atoms with Crippen LogP contribution in [0.3, 0.4) is 0 Å². The molecule has 0 unspecified atom stereocenters. The van der Waals surface area contributed by atoms with Crippen LogP contribution in [0.2, 0.25) is 0 Å². The van der Waals surface area contributed by atoms with Gasteiger partial charge in [-0.25, -0.2) is 4.39 Å². The highest BCUT2D eigenvalue weighted by Gasteiger charge is 2.37. The van der Waals surface area contributed by atoms with Crippen molar-refractivity contribution in [1.29, 1.82) is 0 Å². The van der Waals surface area contributed by atoms with Crippen molar-refractivity contribution >= 4 is 11.8 Å². The molecule has 0 saturated carbocycles. The molecule has 1 fully saturated rings. The van der Waals surface area contributed by atoms with Gasteiger partial charge >= 0.3 is 0 Å². The molecule has 164 valence electrons. The van der Waals surface area contributed by atoms with Crippen LogP contribution in [0.25, 0.3) is 0 Å². The van der Waals surface area contributed by atoms with Gasteiger partial charge in [0.1, 0.15) is 11.9 Å². The Morgan fingerprint density at radius 2 is 1.74 bits per heavy atom. The predicted molar refractivity (Wildman–Crippen MR) is 118 cm³/mol. The summed E-state index contributed by atoms with van der Waals surface area (Å²) < 4.78 is 13.1. The maximum absolute atomic E-state index is 13.5. The Kier molecular flexibility index (Phi) is 6.66. The zero-order chi connectivity index (χ0) is 21.8. The van der Waals surface area contributed by atoms with Crippen LogP contribution < -0.4 is 5.32 Å². The molecule has 4 rings (SSSR count).